The normalized spacial score (nSPS) is 24.2. The van der Waals surface area contributed by atoms with Gasteiger partial charge in [-0.1, -0.05) is 0 Å². The fourth-order valence-corrected chi connectivity index (χ4v) is 1.79. The average molecular weight is 219 g/mol. The lowest BCUT2D eigenvalue weighted by Crippen LogP contribution is -2.30. The van der Waals surface area contributed by atoms with Crippen LogP contribution in [0.4, 0.5) is 0 Å². The Labute approximate surface area is 93.3 Å². The third-order valence-corrected chi connectivity index (χ3v) is 2.89. The lowest BCUT2D eigenvalue weighted by atomic mass is 9.99. The SMILES string of the molecule is CC1(C(=O)O)CCC(c2ccc(O)cc2)=N1. The summed E-state index contributed by atoms with van der Waals surface area (Å²) in [6.45, 7) is 1.63. The van der Waals surface area contributed by atoms with Crippen LogP contribution in [0.2, 0.25) is 0 Å². The maximum atomic E-state index is 11.0. The molecule has 0 saturated carbocycles. The minimum Gasteiger partial charge on any atom is -0.508 e. The molecule has 1 aromatic carbocycles. The second-order valence-electron chi connectivity index (χ2n) is 4.18. The number of hydrogen-bond donors (Lipinski definition) is 2. The van der Waals surface area contributed by atoms with Gasteiger partial charge in [0.05, 0.1) is 0 Å². The third-order valence-electron chi connectivity index (χ3n) is 2.89. The van der Waals surface area contributed by atoms with Gasteiger partial charge >= 0.3 is 5.97 Å². The molecule has 2 N–H and O–H groups in total. The Bertz CT molecular complexity index is 450. The first-order valence-electron chi connectivity index (χ1n) is 5.13. The van der Waals surface area contributed by atoms with Gasteiger partial charge in [0.25, 0.3) is 0 Å². The zero-order chi connectivity index (χ0) is 11.8. The van der Waals surface area contributed by atoms with Gasteiger partial charge in [-0.25, -0.2) is 4.79 Å². The van der Waals surface area contributed by atoms with Crippen LogP contribution in [0.3, 0.4) is 0 Å². The van der Waals surface area contributed by atoms with Crippen molar-refractivity contribution in [3.8, 4) is 5.75 Å². The third kappa shape index (κ3) is 1.78. The smallest absolute Gasteiger partial charge is 0.331 e. The van der Waals surface area contributed by atoms with E-state index in [4.69, 9.17) is 10.2 Å². The van der Waals surface area contributed by atoms with Crippen LogP contribution in [0, 0.1) is 0 Å². The Morgan fingerprint density at radius 1 is 1.38 bits per heavy atom. The van der Waals surface area contributed by atoms with Gasteiger partial charge in [-0.2, -0.15) is 0 Å². The van der Waals surface area contributed by atoms with Crippen LogP contribution >= 0.6 is 0 Å². The number of carbonyl (C=O) groups is 1. The highest BCUT2D eigenvalue weighted by molar-refractivity contribution is 6.04. The summed E-state index contributed by atoms with van der Waals surface area (Å²) in [6.07, 6.45) is 1.19. The van der Waals surface area contributed by atoms with Crippen molar-refractivity contribution in [3.63, 3.8) is 0 Å². The van der Waals surface area contributed by atoms with Gasteiger partial charge in [-0.3, -0.25) is 4.99 Å². The molecule has 1 aliphatic rings. The summed E-state index contributed by atoms with van der Waals surface area (Å²) >= 11 is 0. The van der Waals surface area contributed by atoms with Gasteiger partial charge in [0.15, 0.2) is 5.54 Å². The highest BCUT2D eigenvalue weighted by atomic mass is 16.4. The number of aromatic hydroxyl groups is 1. The van der Waals surface area contributed by atoms with Crippen LogP contribution < -0.4 is 0 Å². The fourth-order valence-electron chi connectivity index (χ4n) is 1.79. The van der Waals surface area contributed by atoms with Crippen molar-refractivity contribution in [3.05, 3.63) is 29.8 Å². The van der Waals surface area contributed by atoms with Crippen LogP contribution in [0.15, 0.2) is 29.3 Å². The van der Waals surface area contributed by atoms with Crippen LogP contribution in [-0.4, -0.2) is 27.4 Å². The molecular formula is C12H13NO3. The predicted octanol–water partition coefficient (Wildman–Crippen LogP) is 1.82. The number of benzene rings is 1. The van der Waals surface area contributed by atoms with Crippen molar-refractivity contribution < 1.29 is 15.0 Å². The van der Waals surface area contributed by atoms with Crippen molar-refractivity contribution in [1.82, 2.24) is 0 Å². The minimum atomic E-state index is -0.993. The first-order chi connectivity index (χ1) is 7.51. The molecule has 0 radical (unpaired) electrons. The monoisotopic (exact) mass is 219 g/mol. The number of carboxylic acids is 1. The number of phenols is 1. The molecular weight excluding hydrogens is 206 g/mol. The van der Waals surface area contributed by atoms with Gasteiger partial charge in [-0.15, -0.1) is 0 Å². The van der Waals surface area contributed by atoms with E-state index < -0.39 is 11.5 Å². The molecule has 16 heavy (non-hydrogen) atoms. The quantitative estimate of drug-likeness (QED) is 0.797. The Morgan fingerprint density at radius 2 is 2.00 bits per heavy atom. The van der Waals surface area contributed by atoms with Crippen LogP contribution in [-0.2, 0) is 4.79 Å². The molecule has 0 aliphatic carbocycles. The second-order valence-corrected chi connectivity index (χ2v) is 4.18. The van der Waals surface area contributed by atoms with E-state index in [0.29, 0.717) is 12.8 Å². The molecule has 84 valence electrons. The summed E-state index contributed by atoms with van der Waals surface area (Å²) in [4.78, 5) is 15.3. The maximum absolute atomic E-state index is 11.0. The summed E-state index contributed by atoms with van der Waals surface area (Å²) < 4.78 is 0. The van der Waals surface area contributed by atoms with Gasteiger partial charge < -0.3 is 10.2 Å². The number of aliphatic carboxylic acids is 1. The molecule has 0 bridgehead atoms. The number of rotatable bonds is 2. The molecule has 1 aliphatic heterocycles. The second kappa shape index (κ2) is 3.63. The summed E-state index contributed by atoms with van der Waals surface area (Å²) in [7, 11) is 0. The van der Waals surface area contributed by atoms with Crippen LogP contribution in [0.25, 0.3) is 0 Å². The molecule has 1 unspecified atom stereocenters. The van der Waals surface area contributed by atoms with Crippen molar-refractivity contribution >= 4 is 11.7 Å². The van der Waals surface area contributed by atoms with Gasteiger partial charge in [0.2, 0.25) is 0 Å². The number of phenolic OH excluding ortho intramolecular Hbond substituents is 1. The van der Waals surface area contributed by atoms with Crippen LogP contribution in [0.1, 0.15) is 25.3 Å². The van der Waals surface area contributed by atoms with Crippen LogP contribution in [0.5, 0.6) is 5.75 Å². The van der Waals surface area contributed by atoms with E-state index in [9.17, 15) is 4.79 Å². The first-order valence-corrected chi connectivity index (χ1v) is 5.13. The molecule has 4 heteroatoms. The molecule has 0 amide bonds. The highest BCUT2D eigenvalue weighted by Gasteiger charge is 2.37. The fraction of sp³-hybridized carbons (Fsp3) is 0.333. The summed E-state index contributed by atoms with van der Waals surface area (Å²) in [5, 5.41) is 18.2. The number of carboxylic acid groups (broad SMARTS) is 1. The van der Waals surface area contributed by atoms with Gasteiger partial charge in [0, 0.05) is 5.71 Å². The Kier molecular flexibility index (Phi) is 2.42. The summed E-state index contributed by atoms with van der Waals surface area (Å²) in [6, 6.07) is 6.66. The van der Waals surface area contributed by atoms with E-state index >= 15 is 0 Å². The minimum absolute atomic E-state index is 0.198. The van der Waals surface area contributed by atoms with E-state index in [2.05, 4.69) is 4.99 Å². The molecule has 1 atom stereocenters. The molecule has 1 heterocycles. The number of hydrogen-bond acceptors (Lipinski definition) is 3. The molecule has 0 spiro atoms. The number of nitrogens with zero attached hydrogens (tertiary/aromatic N) is 1. The van der Waals surface area contributed by atoms with Crippen molar-refractivity contribution in [2.24, 2.45) is 4.99 Å². The van der Waals surface area contributed by atoms with Crippen molar-refractivity contribution in [2.45, 2.75) is 25.3 Å². The van der Waals surface area contributed by atoms with E-state index in [1.54, 1.807) is 31.2 Å². The molecule has 1 aromatic rings. The van der Waals surface area contributed by atoms with Gasteiger partial charge in [0.1, 0.15) is 5.75 Å². The van der Waals surface area contributed by atoms with Crippen molar-refractivity contribution in [2.75, 3.05) is 0 Å². The average Bonchev–Trinajstić information content (AvgIpc) is 2.63. The maximum Gasteiger partial charge on any atom is 0.331 e. The summed E-state index contributed by atoms with van der Waals surface area (Å²) in [5.74, 6) is -0.690. The molecule has 0 fully saturated rings. The number of aliphatic imine (C=N–C) groups is 1. The van der Waals surface area contributed by atoms with E-state index in [1.165, 1.54) is 0 Å². The highest BCUT2D eigenvalue weighted by Crippen LogP contribution is 2.28. The van der Waals surface area contributed by atoms with E-state index in [1.807, 2.05) is 0 Å². The zero-order valence-electron chi connectivity index (χ0n) is 8.97. The standard InChI is InChI=1S/C12H13NO3/c1-12(11(15)16)7-6-10(13-12)8-2-4-9(14)5-3-8/h2-5,14H,6-7H2,1H3,(H,15,16). The van der Waals surface area contributed by atoms with E-state index in [-0.39, 0.29) is 5.75 Å². The Hall–Kier alpha value is -1.84. The van der Waals surface area contributed by atoms with Crippen molar-refractivity contribution in [1.29, 1.82) is 0 Å². The largest absolute Gasteiger partial charge is 0.508 e. The zero-order valence-corrected chi connectivity index (χ0v) is 8.97. The molecule has 2 rings (SSSR count). The first kappa shape index (κ1) is 10.7. The Morgan fingerprint density at radius 3 is 2.50 bits per heavy atom. The van der Waals surface area contributed by atoms with Gasteiger partial charge in [-0.05, 0) is 49.6 Å². The topological polar surface area (TPSA) is 69.9 Å². The summed E-state index contributed by atoms with van der Waals surface area (Å²) in [5.41, 5.74) is 0.681. The van der Waals surface area contributed by atoms with E-state index in [0.717, 1.165) is 11.3 Å². The predicted molar refractivity (Wildman–Crippen MR) is 59.9 cm³/mol. The lowest BCUT2D eigenvalue weighted by molar-refractivity contribution is -0.142. The lowest BCUT2D eigenvalue weighted by Gasteiger charge is -2.12. The molecule has 0 saturated heterocycles. The Balaban J connectivity index is 2.31. The molecule has 0 aromatic heterocycles. The molecule has 4 nitrogen and oxygen atoms in total.